The molecule has 0 fully saturated rings. The smallest absolute Gasteiger partial charge is 0.347 e. The lowest BCUT2D eigenvalue weighted by molar-refractivity contribution is -0.157. The van der Waals surface area contributed by atoms with Crippen LogP contribution in [0.4, 0.5) is 10.1 Å². The first kappa shape index (κ1) is 20.1. The number of carbonyl (C=O) groups excluding carboxylic acids is 2. The molecule has 1 N–H and O–H groups in total. The maximum atomic E-state index is 12.9. The van der Waals surface area contributed by atoms with Gasteiger partial charge in [0, 0.05) is 11.3 Å². The molecule has 9 heteroatoms. The molecular formula is C20H19FN2O6. The average molecular weight is 402 g/mol. The molecule has 1 heterocycles. The molecule has 29 heavy (non-hydrogen) atoms. The monoisotopic (exact) mass is 402 g/mol. The lowest BCUT2D eigenvalue weighted by Crippen LogP contribution is -2.31. The minimum absolute atomic E-state index is 0.171. The van der Waals surface area contributed by atoms with E-state index in [1.54, 1.807) is 25.1 Å². The standard InChI is InChI=1S/C20H19FN2O6/c1-12(14-3-8-17-18(9-14)27-11-26-17)23-28-10-19(24)29-13(2)20(25)22-16-6-4-15(21)5-7-16/h3-9,13H,10-11H2,1-2H3,(H,22,25)/b23-12-/t13-/m1/s1. The average Bonchev–Trinajstić information content (AvgIpc) is 3.17. The summed E-state index contributed by atoms with van der Waals surface area (Å²) in [7, 11) is 0. The van der Waals surface area contributed by atoms with Crippen LogP contribution in [0.15, 0.2) is 47.6 Å². The van der Waals surface area contributed by atoms with Crippen molar-refractivity contribution < 1.29 is 33.0 Å². The highest BCUT2D eigenvalue weighted by molar-refractivity contribution is 5.99. The first-order valence-electron chi connectivity index (χ1n) is 8.75. The predicted molar refractivity (Wildman–Crippen MR) is 101 cm³/mol. The molecule has 0 bridgehead atoms. The van der Waals surface area contributed by atoms with Gasteiger partial charge in [0.05, 0.1) is 5.71 Å². The van der Waals surface area contributed by atoms with E-state index in [9.17, 15) is 14.0 Å². The Morgan fingerprint density at radius 3 is 2.66 bits per heavy atom. The second-order valence-electron chi connectivity index (χ2n) is 6.15. The Balaban J connectivity index is 1.45. The van der Waals surface area contributed by atoms with Gasteiger partial charge in [-0.2, -0.15) is 0 Å². The van der Waals surface area contributed by atoms with E-state index in [1.807, 2.05) is 0 Å². The number of esters is 1. The first-order chi connectivity index (χ1) is 13.9. The number of benzene rings is 2. The van der Waals surface area contributed by atoms with Crippen LogP contribution >= 0.6 is 0 Å². The van der Waals surface area contributed by atoms with E-state index < -0.39 is 30.4 Å². The van der Waals surface area contributed by atoms with E-state index in [2.05, 4.69) is 10.5 Å². The fraction of sp³-hybridized carbons (Fsp3) is 0.250. The van der Waals surface area contributed by atoms with Crippen LogP contribution in [0.2, 0.25) is 0 Å². The van der Waals surface area contributed by atoms with E-state index in [-0.39, 0.29) is 6.79 Å². The first-order valence-corrected chi connectivity index (χ1v) is 8.75. The second kappa shape index (κ2) is 9.05. The van der Waals surface area contributed by atoms with Gasteiger partial charge in [-0.3, -0.25) is 4.79 Å². The normalized spacial score (nSPS) is 13.6. The third-order valence-corrected chi connectivity index (χ3v) is 3.96. The van der Waals surface area contributed by atoms with Crippen LogP contribution in [-0.2, 0) is 19.2 Å². The number of hydrogen-bond donors (Lipinski definition) is 1. The summed E-state index contributed by atoms with van der Waals surface area (Å²) >= 11 is 0. The SMILES string of the molecule is C/C(=N/OCC(=O)O[C@H](C)C(=O)Nc1ccc(F)cc1)c1ccc2c(c1)OCO2. The third kappa shape index (κ3) is 5.44. The van der Waals surface area contributed by atoms with Crippen LogP contribution in [0.3, 0.4) is 0 Å². The largest absolute Gasteiger partial charge is 0.454 e. The van der Waals surface area contributed by atoms with E-state index >= 15 is 0 Å². The summed E-state index contributed by atoms with van der Waals surface area (Å²) in [6.07, 6.45) is -1.06. The van der Waals surface area contributed by atoms with Gasteiger partial charge in [0.2, 0.25) is 13.4 Å². The number of nitrogens with zero attached hydrogens (tertiary/aromatic N) is 1. The number of nitrogens with one attached hydrogen (secondary N) is 1. The molecule has 1 aliphatic heterocycles. The number of hydrogen-bond acceptors (Lipinski definition) is 7. The van der Waals surface area contributed by atoms with Crippen LogP contribution in [-0.4, -0.2) is 37.1 Å². The Bertz CT molecular complexity index is 929. The molecule has 1 aliphatic rings. The molecule has 1 atom stereocenters. The van der Waals surface area contributed by atoms with Crippen molar-refractivity contribution in [1.82, 2.24) is 0 Å². The maximum absolute atomic E-state index is 12.9. The van der Waals surface area contributed by atoms with Gasteiger partial charge in [0.15, 0.2) is 17.6 Å². The summed E-state index contributed by atoms with van der Waals surface area (Å²) in [6.45, 7) is 2.83. The quantitative estimate of drug-likeness (QED) is 0.435. The molecule has 0 saturated heterocycles. The summed E-state index contributed by atoms with van der Waals surface area (Å²) in [5, 5.41) is 6.39. The lowest BCUT2D eigenvalue weighted by atomic mass is 10.1. The van der Waals surface area contributed by atoms with E-state index in [1.165, 1.54) is 31.2 Å². The van der Waals surface area contributed by atoms with Crippen molar-refractivity contribution in [2.45, 2.75) is 20.0 Å². The molecule has 8 nitrogen and oxygen atoms in total. The highest BCUT2D eigenvalue weighted by Crippen LogP contribution is 2.32. The molecule has 0 spiro atoms. The topological polar surface area (TPSA) is 95.5 Å². The van der Waals surface area contributed by atoms with Gasteiger partial charge >= 0.3 is 5.97 Å². The van der Waals surface area contributed by atoms with E-state index in [0.717, 1.165) is 5.56 Å². The van der Waals surface area contributed by atoms with Crippen molar-refractivity contribution in [1.29, 1.82) is 0 Å². The van der Waals surface area contributed by atoms with Crippen molar-refractivity contribution in [3.63, 3.8) is 0 Å². The van der Waals surface area contributed by atoms with Crippen LogP contribution < -0.4 is 14.8 Å². The van der Waals surface area contributed by atoms with Gasteiger partial charge in [0.25, 0.3) is 5.91 Å². The van der Waals surface area contributed by atoms with Crippen LogP contribution in [0.1, 0.15) is 19.4 Å². The highest BCUT2D eigenvalue weighted by Gasteiger charge is 2.18. The Hall–Kier alpha value is -3.62. The zero-order valence-corrected chi connectivity index (χ0v) is 15.8. The van der Waals surface area contributed by atoms with Crippen LogP contribution in [0, 0.1) is 5.82 Å². The molecule has 0 aromatic heterocycles. The van der Waals surface area contributed by atoms with Crippen molar-refractivity contribution in [2.75, 3.05) is 18.7 Å². The fourth-order valence-corrected chi connectivity index (χ4v) is 2.42. The van der Waals surface area contributed by atoms with Gasteiger partial charge in [-0.1, -0.05) is 5.16 Å². The van der Waals surface area contributed by atoms with Crippen LogP contribution in [0.5, 0.6) is 11.5 Å². The molecule has 3 rings (SSSR count). The van der Waals surface area contributed by atoms with Gasteiger partial charge < -0.3 is 24.4 Å². The Labute approximate surface area is 166 Å². The number of oxime groups is 1. The molecule has 0 aliphatic carbocycles. The summed E-state index contributed by atoms with van der Waals surface area (Å²) in [5.74, 6) is -0.466. The predicted octanol–water partition coefficient (Wildman–Crippen LogP) is 2.87. The van der Waals surface area contributed by atoms with E-state index in [4.69, 9.17) is 19.0 Å². The van der Waals surface area contributed by atoms with Gasteiger partial charge in [-0.15, -0.1) is 0 Å². The summed E-state index contributed by atoms with van der Waals surface area (Å²) in [6, 6.07) is 10.5. The Morgan fingerprint density at radius 1 is 1.17 bits per heavy atom. The molecule has 2 aromatic carbocycles. The molecule has 152 valence electrons. The van der Waals surface area contributed by atoms with Crippen molar-refractivity contribution in [2.24, 2.45) is 5.16 Å². The zero-order valence-electron chi connectivity index (χ0n) is 15.8. The zero-order chi connectivity index (χ0) is 20.8. The number of carbonyl (C=O) groups is 2. The number of halogens is 1. The molecule has 0 radical (unpaired) electrons. The molecule has 1 amide bonds. The van der Waals surface area contributed by atoms with Crippen molar-refractivity contribution >= 4 is 23.3 Å². The number of anilines is 1. The maximum Gasteiger partial charge on any atom is 0.347 e. The summed E-state index contributed by atoms with van der Waals surface area (Å²) < 4.78 is 28.4. The van der Waals surface area contributed by atoms with Crippen molar-refractivity contribution in [3.05, 3.63) is 53.8 Å². The molecule has 0 unspecified atom stereocenters. The molecule has 2 aromatic rings. The van der Waals surface area contributed by atoms with Crippen LogP contribution in [0.25, 0.3) is 0 Å². The number of amides is 1. The number of rotatable bonds is 7. The number of fused-ring (bicyclic) bond motifs is 1. The second-order valence-corrected chi connectivity index (χ2v) is 6.15. The highest BCUT2D eigenvalue weighted by atomic mass is 19.1. The Morgan fingerprint density at radius 2 is 1.90 bits per heavy atom. The van der Waals surface area contributed by atoms with Gasteiger partial charge in [-0.05, 0) is 56.3 Å². The minimum atomic E-state index is -1.06. The minimum Gasteiger partial charge on any atom is -0.454 e. The van der Waals surface area contributed by atoms with Gasteiger partial charge in [0.1, 0.15) is 5.82 Å². The third-order valence-electron chi connectivity index (χ3n) is 3.96. The lowest BCUT2D eigenvalue weighted by Gasteiger charge is -2.13. The van der Waals surface area contributed by atoms with E-state index in [0.29, 0.717) is 22.9 Å². The fourth-order valence-electron chi connectivity index (χ4n) is 2.42. The molecule has 0 saturated carbocycles. The summed E-state index contributed by atoms with van der Waals surface area (Å²) in [4.78, 5) is 28.9. The summed E-state index contributed by atoms with van der Waals surface area (Å²) in [5.41, 5.74) is 1.66. The molecular weight excluding hydrogens is 383 g/mol. The van der Waals surface area contributed by atoms with Crippen molar-refractivity contribution in [3.8, 4) is 11.5 Å². The van der Waals surface area contributed by atoms with Gasteiger partial charge in [-0.25, -0.2) is 9.18 Å². The Kier molecular flexibility index (Phi) is 6.28. The number of ether oxygens (including phenoxy) is 3.